The molecule has 0 bridgehead atoms. The molecule has 3 rings (SSSR count). The van der Waals surface area contributed by atoms with Crippen LogP contribution in [0.4, 0.5) is 0 Å². The van der Waals surface area contributed by atoms with Crippen LogP contribution in [0.5, 0.6) is 23.5 Å². The topological polar surface area (TPSA) is 108 Å². The number of benzene rings is 1. The maximum Gasteiger partial charge on any atom is 0.328 e. The number of hydrogen-bond acceptors (Lipinski definition) is 8. The van der Waals surface area contributed by atoms with Gasteiger partial charge in [-0.3, -0.25) is 9.78 Å². The Morgan fingerprint density at radius 2 is 1.71 bits per heavy atom. The van der Waals surface area contributed by atoms with Crippen molar-refractivity contribution < 1.29 is 19.0 Å². The molecule has 0 atom stereocenters. The van der Waals surface area contributed by atoms with Crippen molar-refractivity contribution in [3.05, 3.63) is 66.0 Å². The first-order valence-corrected chi connectivity index (χ1v) is 8.17. The highest BCUT2D eigenvalue weighted by Gasteiger charge is 2.10. The highest BCUT2D eigenvalue weighted by molar-refractivity contribution is 5.94. The van der Waals surface area contributed by atoms with Crippen molar-refractivity contribution >= 4 is 12.1 Å². The van der Waals surface area contributed by atoms with E-state index in [1.807, 2.05) is 6.07 Å². The van der Waals surface area contributed by atoms with Gasteiger partial charge in [0.05, 0.1) is 26.5 Å². The van der Waals surface area contributed by atoms with Gasteiger partial charge in [-0.2, -0.15) is 15.1 Å². The van der Waals surface area contributed by atoms with Gasteiger partial charge in [0.1, 0.15) is 5.75 Å². The summed E-state index contributed by atoms with van der Waals surface area (Å²) < 4.78 is 16.0. The lowest BCUT2D eigenvalue weighted by atomic mass is 10.2. The fourth-order valence-corrected chi connectivity index (χ4v) is 2.15. The molecule has 0 unspecified atom stereocenters. The molecule has 28 heavy (non-hydrogen) atoms. The van der Waals surface area contributed by atoms with Crippen molar-refractivity contribution in [2.75, 3.05) is 14.2 Å². The third-order valence-electron chi connectivity index (χ3n) is 3.51. The summed E-state index contributed by atoms with van der Waals surface area (Å²) >= 11 is 0. The SMILES string of the molecule is COc1cc(OC)nc(Oc2ccccc2/C=N/NC(=O)c2ccncc2)n1. The number of nitrogens with one attached hydrogen (secondary N) is 1. The number of rotatable bonds is 7. The Kier molecular flexibility index (Phi) is 6.09. The lowest BCUT2D eigenvalue weighted by molar-refractivity contribution is 0.0955. The smallest absolute Gasteiger partial charge is 0.328 e. The van der Waals surface area contributed by atoms with E-state index >= 15 is 0 Å². The minimum absolute atomic E-state index is 0.0536. The Morgan fingerprint density at radius 1 is 1.04 bits per heavy atom. The second kappa shape index (κ2) is 9.08. The molecule has 0 aliphatic carbocycles. The zero-order valence-corrected chi connectivity index (χ0v) is 15.2. The van der Waals surface area contributed by atoms with Crippen LogP contribution in [-0.4, -0.2) is 41.3 Å². The van der Waals surface area contributed by atoms with Crippen molar-refractivity contribution in [1.82, 2.24) is 20.4 Å². The van der Waals surface area contributed by atoms with Crippen LogP contribution in [0.3, 0.4) is 0 Å². The van der Waals surface area contributed by atoms with E-state index in [9.17, 15) is 4.79 Å². The highest BCUT2D eigenvalue weighted by atomic mass is 16.5. The number of amides is 1. The first kappa shape index (κ1) is 18.8. The number of hydrogen-bond donors (Lipinski definition) is 1. The summed E-state index contributed by atoms with van der Waals surface area (Å²) in [5, 5.41) is 3.97. The second-order valence-corrected chi connectivity index (χ2v) is 5.31. The molecule has 1 amide bonds. The van der Waals surface area contributed by atoms with Gasteiger partial charge in [0.25, 0.3) is 5.91 Å². The van der Waals surface area contributed by atoms with Gasteiger partial charge in [-0.15, -0.1) is 0 Å². The Hall–Kier alpha value is -4.01. The quantitative estimate of drug-likeness (QED) is 0.496. The van der Waals surface area contributed by atoms with E-state index in [2.05, 4.69) is 25.5 Å². The fourth-order valence-electron chi connectivity index (χ4n) is 2.15. The molecular formula is C19H17N5O4. The van der Waals surface area contributed by atoms with Gasteiger partial charge in [0, 0.05) is 23.5 Å². The number of methoxy groups -OCH3 is 2. The summed E-state index contributed by atoms with van der Waals surface area (Å²) in [5.74, 6) is 0.702. The molecule has 0 saturated carbocycles. The maximum atomic E-state index is 12.0. The number of nitrogens with zero attached hydrogens (tertiary/aromatic N) is 4. The summed E-state index contributed by atoms with van der Waals surface area (Å²) in [7, 11) is 2.97. The lowest BCUT2D eigenvalue weighted by Crippen LogP contribution is -2.17. The molecule has 3 aromatic rings. The number of carbonyl (C=O) groups is 1. The van der Waals surface area contributed by atoms with Gasteiger partial charge in [-0.1, -0.05) is 12.1 Å². The summed E-state index contributed by atoms with van der Waals surface area (Å²) in [4.78, 5) is 24.1. The highest BCUT2D eigenvalue weighted by Crippen LogP contribution is 2.25. The van der Waals surface area contributed by atoms with Crippen LogP contribution in [-0.2, 0) is 0 Å². The van der Waals surface area contributed by atoms with Gasteiger partial charge >= 0.3 is 6.01 Å². The zero-order valence-electron chi connectivity index (χ0n) is 15.2. The van der Waals surface area contributed by atoms with Crippen LogP contribution in [0.2, 0.25) is 0 Å². The third-order valence-corrected chi connectivity index (χ3v) is 3.51. The average Bonchev–Trinajstić information content (AvgIpc) is 2.75. The monoisotopic (exact) mass is 379 g/mol. The van der Waals surface area contributed by atoms with Crippen molar-refractivity contribution in [3.63, 3.8) is 0 Å². The molecule has 9 nitrogen and oxygen atoms in total. The van der Waals surface area contributed by atoms with Crippen molar-refractivity contribution in [3.8, 4) is 23.5 Å². The van der Waals surface area contributed by atoms with Crippen LogP contribution in [0.25, 0.3) is 0 Å². The largest absolute Gasteiger partial charge is 0.481 e. The number of carbonyl (C=O) groups excluding carboxylic acids is 1. The summed E-state index contributed by atoms with van der Waals surface area (Å²) in [6, 6.07) is 11.9. The van der Waals surface area contributed by atoms with Crippen LogP contribution in [0.15, 0.2) is 60.0 Å². The first-order chi connectivity index (χ1) is 13.7. The third kappa shape index (κ3) is 4.79. The summed E-state index contributed by atoms with van der Waals surface area (Å²) in [5.41, 5.74) is 3.52. The molecule has 142 valence electrons. The van der Waals surface area contributed by atoms with Crippen molar-refractivity contribution in [2.45, 2.75) is 0 Å². The van der Waals surface area contributed by atoms with E-state index < -0.39 is 0 Å². The van der Waals surface area contributed by atoms with Crippen LogP contribution in [0, 0.1) is 0 Å². The van der Waals surface area contributed by atoms with Gasteiger partial charge in [0.2, 0.25) is 11.8 Å². The zero-order chi connectivity index (χ0) is 19.8. The first-order valence-electron chi connectivity index (χ1n) is 8.17. The number of pyridine rings is 1. The van der Waals surface area contributed by atoms with Crippen LogP contribution in [0.1, 0.15) is 15.9 Å². The maximum absolute atomic E-state index is 12.0. The Labute approximate surface area is 161 Å². The molecule has 0 radical (unpaired) electrons. The van der Waals surface area contributed by atoms with Crippen LogP contribution < -0.4 is 19.6 Å². The molecule has 9 heteroatoms. The Morgan fingerprint density at radius 3 is 2.39 bits per heavy atom. The molecule has 0 fully saturated rings. The van der Waals surface area contributed by atoms with E-state index in [1.54, 1.807) is 30.3 Å². The van der Waals surface area contributed by atoms with Crippen LogP contribution >= 0.6 is 0 Å². The molecule has 1 aromatic carbocycles. The number of ether oxygens (including phenoxy) is 3. The number of para-hydroxylation sites is 1. The molecule has 2 heterocycles. The molecule has 0 spiro atoms. The van der Waals surface area contributed by atoms with E-state index in [-0.39, 0.29) is 11.9 Å². The predicted molar refractivity (Wildman–Crippen MR) is 101 cm³/mol. The van der Waals surface area contributed by atoms with Gasteiger partial charge < -0.3 is 14.2 Å². The summed E-state index contributed by atoms with van der Waals surface area (Å²) in [6.45, 7) is 0. The Balaban J connectivity index is 1.75. The van der Waals surface area contributed by atoms with E-state index in [1.165, 1.54) is 38.9 Å². The Bertz CT molecular complexity index is 957. The van der Waals surface area contributed by atoms with E-state index in [0.29, 0.717) is 28.6 Å². The summed E-state index contributed by atoms with van der Waals surface area (Å²) in [6.07, 6.45) is 4.53. The second-order valence-electron chi connectivity index (χ2n) is 5.31. The number of aromatic nitrogens is 3. The normalized spacial score (nSPS) is 10.5. The fraction of sp³-hybridized carbons (Fsp3) is 0.105. The van der Waals surface area contributed by atoms with Crippen molar-refractivity contribution in [2.24, 2.45) is 5.10 Å². The average molecular weight is 379 g/mol. The molecule has 0 aliphatic rings. The van der Waals surface area contributed by atoms with E-state index in [0.717, 1.165) is 0 Å². The van der Waals surface area contributed by atoms with Gasteiger partial charge in [0.15, 0.2) is 0 Å². The van der Waals surface area contributed by atoms with Crippen molar-refractivity contribution in [1.29, 1.82) is 0 Å². The number of hydrazone groups is 1. The van der Waals surface area contributed by atoms with Gasteiger partial charge in [-0.05, 0) is 24.3 Å². The molecule has 1 N–H and O–H groups in total. The molecule has 0 saturated heterocycles. The molecule has 2 aromatic heterocycles. The molecular weight excluding hydrogens is 362 g/mol. The van der Waals surface area contributed by atoms with Gasteiger partial charge in [-0.25, -0.2) is 5.43 Å². The predicted octanol–water partition coefficient (Wildman–Crippen LogP) is 2.45. The van der Waals surface area contributed by atoms with E-state index in [4.69, 9.17) is 14.2 Å². The minimum Gasteiger partial charge on any atom is -0.481 e. The minimum atomic E-state index is -0.349. The lowest BCUT2D eigenvalue weighted by Gasteiger charge is -2.09. The standard InChI is InChI=1S/C19H17N5O4/c1-26-16-11-17(27-2)23-19(22-16)28-15-6-4-3-5-14(15)12-21-24-18(25)13-7-9-20-10-8-13/h3-12H,1-2H3,(H,24,25)/b21-12+. The molecule has 0 aliphatic heterocycles.